The molecule has 0 atom stereocenters. The fourth-order valence-corrected chi connectivity index (χ4v) is 3.93. The zero-order chi connectivity index (χ0) is 14.9. The van der Waals surface area contributed by atoms with Crippen LogP contribution < -0.4 is 0 Å². The van der Waals surface area contributed by atoms with Gasteiger partial charge in [0.15, 0.2) is 0 Å². The van der Waals surface area contributed by atoms with Gasteiger partial charge in [-0.2, -0.15) is 0 Å². The second kappa shape index (κ2) is 5.98. The molecule has 4 nitrogen and oxygen atoms in total. The van der Waals surface area contributed by atoms with E-state index in [2.05, 4.69) is 35.6 Å². The van der Waals surface area contributed by atoms with Gasteiger partial charge in [0.05, 0.1) is 6.54 Å². The molecule has 4 heteroatoms. The highest BCUT2D eigenvalue weighted by atomic mass is 16.2. The van der Waals surface area contributed by atoms with Gasteiger partial charge in [-0.1, -0.05) is 19.3 Å². The summed E-state index contributed by atoms with van der Waals surface area (Å²) in [5, 5.41) is 0. The molecule has 21 heavy (non-hydrogen) atoms. The van der Waals surface area contributed by atoms with Gasteiger partial charge in [-0.15, -0.1) is 0 Å². The largest absolute Gasteiger partial charge is 0.331 e. The molecule has 3 rings (SSSR count). The number of hydrogen-bond acceptors (Lipinski definition) is 3. The van der Waals surface area contributed by atoms with Crippen molar-refractivity contribution in [2.24, 2.45) is 11.3 Å². The predicted octanol–water partition coefficient (Wildman–Crippen LogP) is 0.886. The van der Waals surface area contributed by atoms with Crippen molar-refractivity contribution in [1.82, 2.24) is 14.7 Å². The van der Waals surface area contributed by atoms with Gasteiger partial charge in [-0.25, -0.2) is 0 Å². The van der Waals surface area contributed by atoms with Crippen LogP contribution in [-0.4, -0.2) is 73.5 Å². The summed E-state index contributed by atoms with van der Waals surface area (Å²) in [4.78, 5) is 18.6. The van der Waals surface area contributed by atoms with E-state index in [0.29, 0.717) is 5.41 Å². The molecule has 1 spiro atoms. The van der Waals surface area contributed by atoms with Gasteiger partial charge in [0, 0.05) is 44.7 Å². The van der Waals surface area contributed by atoms with Crippen LogP contribution in [0.15, 0.2) is 0 Å². The second-order valence-electron chi connectivity index (χ2n) is 7.22. The van der Waals surface area contributed by atoms with E-state index in [1.54, 1.807) is 0 Å². The molecular formula is C17H27N3O. The Hall–Kier alpha value is -1.05. The third-order valence-corrected chi connectivity index (χ3v) is 5.45. The fourth-order valence-electron chi connectivity index (χ4n) is 3.93. The van der Waals surface area contributed by atoms with Crippen molar-refractivity contribution in [2.75, 3.05) is 52.9 Å². The first-order valence-electron chi connectivity index (χ1n) is 8.29. The molecule has 116 valence electrons. The van der Waals surface area contributed by atoms with Gasteiger partial charge < -0.3 is 9.80 Å². The number of amides is 1. The van der Waals surface area contributed by atoms with E-state index in [1.807, 2.05) is 4.90 Å². The zero-order valence-electron chi connectivity index (χ0n) is 13.4. The SMILES string of the molecule is CCC1CC2(C1)CN(C(=O)C#CCN1CCN(C)CC1)C2. The van der Waals surface area contributed by atoms with E-state index in [1.165, 1.54) is 19.3 Å². The lowest BCUT2D eigenvalue weighted by molar-refractivity contribution is -0.148. The highest BCUT2D eigenvalue weighted by Crippen LogP contribution is 2.52. The summed E-state index contributed by atoms with van der Waals surface area (Å²) in [5.41, 5.74) is 0.482. The summed E-state index contributed by atoms with van der Waals surface area (Å²) in [6, 6.07) is 0. The Morgan fingerprint density at radius 2 is 1.86 bits per heavy atom. The first kappa shape index (κ1) is 14.9. The smallest absolute Gasteiger partial charge is 0.298 e. The third kappa shape index (κ3) is 3.25. The molecular weight excluding hydrogens is 262 g/mol. The number of carbonyl (C=O) groups excluding carboxylic acids is 1. The molecule has 2 heterocycles. The average molecular weight is 289 g/mol. The summed E-state index contributed by atoms with van der Waals surface area (Å²) in [6.45, 7) is 9.22. The van der Waals surface area contributed by atoms with Crippen LogP contribution in [-0.2, 0) is 4.79 Å². The minimum atomic E-state index is 0.0368. The van der Waals surface area contributed by atoms with Crippen molar-refractivity contribution in [3.63, 3.8) is 0 Å². The molecule has 0 aromatic rings. The van der Waals surface area contributed by atoms with Crippen LogP contribution in [0.1, 0.15) is 26.2 Å². The van der Waals surface area contributed by atoms with E-state index in [4.69, 9.17) is 0 Å². The first-order valence-corrected chi connectivity index (χ1v) is 8.29. The number of hydrogen-bond donors (Lipinski definition) is 0. The van der Waals surface area contributed by atoms with Crippen LogP contribution in [0, 0.1) is 23.2 Å². The molecule has 0 N–H and O–H groups in total. The Labute approximate surface area is 128 Å². The van der Waals surface area contributed by atoms with E-state index >= 15 is 0 Å². The Balaban J connectivity index is 1.37. The molecule has 0 radical (unpaired) electrons. The quantitative estimate of drug-likeness (QED) is 0.706. The zero-order valence-corrected chi connectivity index (χ0v) is 13.4. The van der Waals surface area contributed by atoms with E-state index < -0.39 is 0 Å². The fraction of sp³-hybridized carbons (Fsp3) is 0.824. The molecule has 3 fully saturated rings. The molecule has 0 bridgehead atoms. The molecule has 2 aliphatic heterocycles. The molecule has 1 amide bonds. The lowest BCUT2D eigenvalue weighted by atomic mass is 9.57. The van der Waals surface area contributed by atoms with Crippen LogP contribution >= 0.6 is 0 Å². The highest BCUT2D eigenvalue weighted by Gasteiger charge is 2.52. The Bertz CT molecular complexity index is 442. The number of likely N-dealkylation sites (tertiary alicyclic amines) is 1. The summed E-state index contributed by atoms with van der Waals surface area (Å²) in [5.74, 6) is 6.85. The average Bonchev–Trinajstić information content (AvgIpc) is 2.38. The van der Waals surface area contributed by atoms with Crippen LogP contribution in [0.25, 0.3) is 0 Å². The summed E-state index contributed by atoms with van der Waals surface area (Å²) < 4.78 is 0. The van der Waals surface area contributed by atoms with Crippen LogP contribution in [0.5, 0.6) is 0 Å². The number of piperazine rings is 1. The normalized spacial score (nSPS) is 25.9. The molecule has 2 saturated heterocycles. The Kier molecular flexibility index (Phi) is 4.24. The Morgan fingerprint density at radius 3 is 2.48 bits per heavy atom. The molecule has 1 aliphatic carbocycles. The van der Waals surface area contributed by atoms with Crippen LogP contribution in [0.4, 0.5) is 0 Å². The van der Waals surface area contributed by atoms with Crippen LogP contribution in [0.2, 0.25) is 0 Å². The van der Waals surface area contributed by atoms with Crippen LogP contribution in [0.3, 0.4) is 0 Å². The van der Waals surface area contributed by atoms with Gasteiger partial charge in [0.25, 0.3) is 5.91 Å². The van der Waals surface area contributed by atoms with E-state index in [9.17, 15) is 4.79 Å². The predicted molar refractivity (Wildman–Crippen MR) is 83.7 cm³/mol. The van der Waals surface area contributed by atoms with E-state index in [0.717, 1.165) is 51.7 Å². The van der Waals surface area contributed by atoms with Crippen molar-refractivity contribution < 1.29 is 4.79 Å². The second-order valence-corrected chi connectivity index (χ2v) is 7.22. The lowest BCUT2D eigenvalue weighted by Gasteiger charge is -2.58. The number of nitrogens with zero attached hydrogens (tertiary/aromatic N) is 3. The third-order valence-electron chi connectivity index (χ3n) is 5.45. The van der Waals surface area contributed by atoms with Crippen molar-refractivity contribution in [3.05, 3.63) is 0 Å². The molecule has 1 saturated carbocycles. The highest BCUT2D eigenvalue weighted by molar-refractivity contribution is 5.94. The Morgan fingerprint density at radius 1 is 1.19 bits per heavy atom. The summed E-state index contributed by atoms with van der Waals surface area (Å²) in [6.07, 6.45) is 3.94. The first-order chi connectivity index (χ1) is 10.1. The van der Waals surface area contributed by atoms with Crippen molar-refractivity contribution in [3.8, 4) is 11.8 Å². The van der Waals surface area contributed by atoms with Gasteiger partial charge in [0.2, 0.25) is 0 Å². The summed E-state index contributed by atoms with van der Waals surface area (Å²) >= 11 is 0. The maximum absolute atomic E-state index is 12.0. The van der Waals surface area contributed by atoms with Gasteiger partial charge in [0.1, 0.15) is 0 Å². The maximum Gasteiger partial charge on any atom is 0.298 e. The molecule has 0 aromatic carbocycles. The topological polar surface area (TPSA) is 26.8 Å². The number of rotatable bonds is 2. The van der Waals surface area contributed by atoms with Crippen molar-refractivity contribution >= 4 is 5.91 Å². The monoisotopic (exact) mass is 289 g/mol. The maximum atomic E-state index is 12.0. The van der Waals surface area contributed by atoms with Gasteiger partial charge in [-0.05, 0) is 31.7 Å². The van der Waals surface area contributed by atoms with Gasteiger partial charge in [-0.3, -0.25) is 9.69 Å². The van der Waals surface area contributed by atoms with Crippen molar-refractivity contribution in [2.45, 2.75) is 26.2 Å². The summed E-state index contributed by atoms with van der Waals surface area (Å²) in [7, 11) is 2.15. The van der Waals surface area contributed by atoms with E-state index in [-0.39, 0.29) is 5.91 Å². The lowest BCUT2D eigenvalue weighted by Crippen LogP contribution is -2.63. The standard InChI is InChI=1S/C17H27N3O/c1-3-15-11-17(12-15)13-20(14-17)16(21)5-4-6-19-9-7-18(2)8-10-19/h15H,3,6-14H2,1-2H3. The molecule has 3 aliphatic rings. The molecule has 0 aromatic heterocycles. The van der Waals surface area contributed by atoms with Crippen molar-refractivity contribution in [1.29, 1.82) is 0 Å². The number of carbonyl (C=O) groups is 1. The van der Waals surface area contributed by atoms with Gasteiger partial charge >= 0.3 is 0 Å². The number of likely N-dealkylation sites (N-methyl/N-ethyl adjacent to an activating group) is 1. The minimum Gasteiger partial charge on any atom is -0.331 e. The molecule has 0 unspecified atom stereocenters. The minimum absolute atomic E-state index is 0.0368.